The molecule has 1 amide bonds. The van der Waals surface area contributed by atoms with Gasteiger partial charge in [-0.25, -0.2) is 4.39 Å². The Morgan fingerprint density at radius 2 is 2.16 bits per heavy atom. The van der Waals surface area contributed by atoms with E-state index in [2.05, 4.69) is 10.1 Å². The molecule has 1 rings (SSSR count). The molecule has 7 heteroatoms. The van der Waals surface area contributed by atoms with Crippen LogP contribution < -0.4 is 10.1 Å². The normalized spacial score (nSPS) is 9.84. The lowest BCUT2D eigenvalue weighted by molar-refractivity contribution is -0.140. The highest BCUT2D eigenvalue weighted by Crippen LogP contribution is 2.24. The average Bonchev–Trinajstić information content (AvgIpc) is 2.37. The number of hydrogen-bond acceptors (Lipinski definition) is 4. The van der Waals surface area contributed by atoms with E-state index in [1.807, 2.05) is 0 Å². The summed E-state index contributed by atoms with van der Waals surface area (Å²) in [5, 5.41) is 2.55. The second kappa shape index (κ2) is 7.58. The third-order valence-corrected chi connectivity index (χ3v) is 2.43. The van der Waals surface area contributed by atoms with E-state index in [1.54, 1.807) is 0 Å². The molecule has 104 valence electrons. The Hall–Kier alpha value is -1.82. The Kier molecular flexibility index (Phi) is 6.08. The lowest BCUT2D eigenvalue weighted by Crippen LogP contribution is -2.30. The summed E-state index contributed by atoms with van der Waals surface area (Å²) in [5.74, 6) is -1.10. The Labute approximate surface area is 114 Å². The zero-order valence-corrected chi connectivity index (χ0v) is 11.0. The van der Waals surface area contributed by atoms with Crippen LogP contribution in [-0.2, 0) is 14.3 Å². The fraction of sp³-hybridized carbons (Fsp3) is 0.333. The molecule has 0 bridgehead atoms. The molecule has 1 N–H and O–H groups in total. The van der Waals surface area contributed by atoms with Crippen molar-refractivity contribution < 1.29 is 23.5 Å². The Morgan fingerprint density at radius 1 is 1.42 bits per heavy atom. The van der Waals surface area contributed by atoms with Crippen LogP contribution in [0, 0.1) is 5.82 Å². The number of benzene rings is 1. The van der Waals surface area contributed by atoms with Crippen molar-refractivity contribution in [2.24, 2.45) is 0 Å². The quantitative estimate of drug-likeness (QED) is 0.807. The van der Waals surface area contributed by atoms with Crippen LogP contribution in [0.15, 0.2) is 18.2 Å². The number of ether oxygens (including phenoxy) is 2. The van der Waals surface area contributed by atoms with Gasteiger partial charge in [0.1, 0.15) is 11.6 Å². The Bertz CT molecular complexity index is 467. The molecule has 1 aromatic carbocycles. The highest BCUT2D eigenvalue weighted by atomic mass is 35.5. The van der Waals surface area contributed by atoms with Crippen molar-refractivity contribution in [2.75, 3.05) is 20.3 Å². The third-order valence-electron chi connectivity index (χ3n) is 2.13. The van der Waals surface area contributed by atoms with Gasteiger partial charge in [0, 0.05) is 6.54 Å². The summed E-state index contributed by atoms with van der Waals surface area (Å²) in [6, 6.07) is 3.60. The van der Waals surface area contributed by atoms with Crippen LogP contribution in [0.5, 0.6) is 5.75 Å². The Morgan fingerprint density at radius 3 is 2.79 bits per heavy atom. The minimum atomic E-state index is -0.486. The molecule has 5 nitrogen and oxygen atoms in total. The molecule has 0 aliphatic heterocycles. The molecule has 0 heterocycles. The molecule has 0 unspecified atom stereocenters. The van der Waals surface area contributed by atoms with E-state index in [1.165, 1.54) is 19.2 Å². The Balaban J connectivity index is 2.32. The monoisotopic (exact) mass is 289 g/mol. The smallest absolute Gasteiger partial charge is 0.307 e. The van der Waals surface area contributed by atoms with Crippen LogP contribution in [-0.4, -0.2) is 32.1 Å². The summed E-state index contributed by atoms with van der Waals surface area (Å²) in [6.07, 6.45) is 0.0829. The van der Waals surface area contributed by atoms with E-state index in [0.717, 1.165) is 6.07 Å². The van der Waals surface area contributed by atoms with Crippen LogP contribution in [0.2, 0.25) is 5.02 Å². The number of carbonyl (C=O) groups is 2. The molecule has 0 atom stereocenters. The van der Waals surface area contributed by atoms with E-state index < -0.39 is 17.7 Å². The number of carbonyl (C=O) groups excluding carboxylic acids is 2. The minimum Gasteiger partial charge on any atom is -0.482 e. The van der Waals surface area contributed by atoms with Gasteiger partial charge in [0.25, 0.3) is 5.91 Å². The molecule has 0 fully saturated rings. The first-order chi connectivity index (χ1) is 9.02. The maximum Gasteiger partial charge on any atom is 0.307 e. The fourth-order valence-corrected chi connectivity index (χ4v) is 1.41. The van der Waals surface area contributed by atoms with Crippen LogP contribution in [0.4, 0.5) is 4.39 Å². The topological polar surface area (TPSA) is 64.6 Å². The van der Waals surface area contributed by atoms with Crippen molar-refractivity contribution in [3.8, 4) is 5.75 Å². The van der Waals surface area contributed by atoms with Gasteiger partial charge in [-0.1, -0.05) is 11.6 Å². The summed E-state index contributed by atoms with van der Waals surface area (Å²) in [6.45, 7) is -0.113. The molecular weight excluding hydrogens is 277 g/mol. The minimum absolute atomic E-state index is 0.0829. The number of rotatable bonds is 6. The van der Waals surface area contributed by atoms with Gasteiger partial charge < -0.3 is 14.8 Å². The van der Waals surface area contributed by atoms with E-state index in [0.29, 0.717) is 0 Å². The van der Waals surface area contributed by atoms with E-state index in [9.17, 15) is 14.0 Å². The van der Waals surface area contributed by atoms with Gasteiger partial charge in [-0.15, -0.1) is 0 Å². The highest BCUT2D eigenvalue weighted by molar-refractivity contribution is 6.32. The molecule has 0 saturated heterocycles. The number of methoxy groups -OCH3 is 1. The number of nitrogens with one attached hydrogen (secondary N) is 1. The standard InChI is InChI=1S/C12H13ClFNO4/c1-18-12(17)4-5-15-11(16)7-19-10-3-2-8(14)6-9(10)13/h2-3,6H,4-5,7H2,1H3,(H,15,16). The molecule has 0 aliphatic rings. The molecule has 0 aliphatic carbocycles. The van der Waals surface area contributed by atoms with Gasteiger partial charge in [-0.05, 0) is 18.2 Å². The molecule has 0 aromatic heterocycles. The second-order valence-electron chi connectivity index (χ2n) is 3.54. The third kappa shape index (κ3) is 5.56. The molecule has 0 radical (unpaired) electrons. The lowest BCUT2D eigenvalue weighted by Gasteiger charge is -2.08. The zero-order valence-electron chi connectivity index (χ0n) is 10.2. The number of halogens is 2. The average molecular weight is 290 g/mol. The van der Waals surface area contributed by atoms with Gasteiger partial charge in [0.15, 0.2) is 6.61 Å². The molecular formula is C12H13ClFNO4. The van der Waals surface area contributed by atoms with E-state index in [-0.39, 0.29) is 30.3 Å². The number of hydrogen-bond donors (Lipinski definition) is 1. The predicted molar refractivity (Wildman–Crippen MR) is 66.5 cm³/mol. The predicted octanol–water partition coefficient (Wildman–Crippen LogP) is 1.54. The van der Waals surface area contributed by atoms with Crippen molar-refractivity contribution in [3.63, 3.8) is 0 Å². The zero-order chi connectivity index (χ0) is 14.3. The second-order valence-corrected chi connectivity index (χ2v) is 3.95. The van der Waals surface area contributed by atoms with E-state index in [4.69, 9.17) is 16.3 Å². The van der Waals surface area contributed by atoms with E-state index >= 15 is 0 Å². The van der Waals surface area contributed by atoms with Gasteiger partial charge in [-0.3, -0.25) is 9.59 Å². The van der Waals surface area contributed by atoms with Crippen LogP contribution >= 0.6 is 11.6 Å². The first kappa shape index (κ1) is 15.2. The maximum absolute atomic E-state index is 12.8. The molecule has 19 heavy (non-hydrogen) atoms. The summed E-state index contributed by atoms with van der Waals surface area (Å²) >= 11 is 5.72. The summed E-state index contributed by atoms with van der Waals surface area (Å²) < 4.78 is 22.3. The number of amides is 1. The summed E-state index contributed by atoms with van der Waals surface area (Å²) in [4.78, 5) is 22.2. The van der Waals surface area contributed by atoms with Gasteiger partial charge in [0.05, 0.1) is 18.6 Å². The summed E-state index contributed by atoms with van der Waals surface area (Å²) in [7, 11) is 1.27. The lowest BCUT2D eigenvalue weighted by atomic mass is 10.3. The van der Waals surface area contributed by atoms with Crippen molar-refractivity contribution in [3.05, 3.63) is 29.0 Å². The van der Waals surface area contributed by atoms with Gasteiger partial charge in [-0.2, -0.15) is 0 Å². The first-order valence-corrected chi connectivity index (χ1v) is 5.82. The fourth-order valence-electron chi connectivity index (χ4n) is 1.19. The van der Waals surface area contributed by atoms with Crippen molar-refractivity contribution >= 4 is 23.5 Å². The molecule has 0 saturated carbocycles. The largest absolute Gasteiger partial charge is 0.482 e. The van der Waals surface area contributed by atoms with Crippen LogP contribution in [0.1, 0.15) is 6.42 Å². The summed E-state index contributed by atoms with van der Waals surface area (Å²) in [5.41, 5.74) is 0. The molecule has 0 spiro atoms. The first-order valence-electron chi connectivity index (χ1n) is 5.44. The van der Waals surface area contributed by atoms with Crippen molar-refractivity contribution in [1.29, 1.82) is 0 Å². The van der Waals surface area contributed by atoms with Crippen molar-refractivity contribution in [2.45, 2.75) is 6.42 Å². The highest BCUT2D eigenvalue weighted by Gasteiger charge is 2.07. The van der Waals surface area contributed by atoms with Crippen molar-refractivity contribution in [1.82, 2.24) is 5.32 Å². The molecule has 1 aromatic rings. The SMILES string of the molecule is COC(=O)CCNC(=O)COc1ccc(F)cc1Cl. The van der Waals surface area contributed by atoms with Crippen LogP contribution in [0.3, 0.4) is 0 Å². The van der Waals surface area contributed by atoms with Gasteiger partial charge in [0.2, 0.25) is 0 Å². The van der Waals surface area contributed by atoms with Crippen LogP contribution in [0.25, 0.3) is 0 Å². The number of esters is 1. The maximum atomic E-state index is 12.8. The van der Waals surface area contributed by atoms with Gasteiger partial charge >= 0.3 is 5.97 Å².